The fourth-order valence-corrected chi connectivity index (χ4v) is 4.41. The number of aromatic nitrogens is 2. The molecule has 2 aliphatic rings. The third kappa shape index (κ3) is 4.88. The van der Waals surface area contributed by atoms with E-state index >= 15 is 0 Å². The molecule has 31 heavy (non-hydrogen) atoms. The molecule has 166 valence electrons. The van der Waals surface area contributed by atoms with Crippen LogP contribution in [0.15, 0.2) is 24.3 Å². The van der Waals surface area contributed by atoms with Crippen LogP contribution in [0.3, 0.4) is 0 Å². The van der Waals surface area contributed by atoms with Crippen LogP contribution in [0.25, 0.3) is 0 Å². The third-order valence-electron chi connectivity index (χ3n) is 6.36. The van der Waals surface area contributed by atoms with E-state index in [-0.39, 0.29) is 5.91 Å². The van der Waals surface area contributed by atoms with Crippen LogP contribution in [-0.2, 0) is 24.3 Å². The van der Waals surface area contributed by atoms with Gasteiger partial charge in [-0.3, -0.25) is 4.79 Å². The number of fused-ring (bicyclic) bond motifs is 1. The molecule has 1 fully saturated rings. The molecule has 3 heterocycles. The van der Waals surface area contributed by atoms with Gasteiger partial charge in [0.25, 0.3) is 5.91 Å². The lowest BCUT2D eigenvalue weighted by Crippen LogP contribution is -2.37. The van der Waals surface area contributed by atoms with E-state index in [1.165, 1.54) is 0 Å². The second-order valence-corrected chi connectivity index (χ2v) is 8.49. The minimum Gasteiger partial charge on any atom is -0.377 e. The quantitative estimate of drug-likeness (QED) is 0.770. The molecule has 4 rings (SSSR count). The van der Waals surface area contributed by atoms with E-state index in [9.17, 15) is 4.79 Å². The summed E-state index contributed by atoms with van der Waals surface area (Å²) in [6, 6.07) is 7.73. The van der Waals surface area contributed by atoms with Crippen LogP contribution in [0.4, 0.5) is 5.82 Å². The maximum Gasteiger partial charge on any atom is 0.254 e. The normalized spacial score (nSPS) is 17.5. The first-order valence-electron chi connectivity index (χ1n) is 11.3. The van der Waals surface area contributed by atoms with Crippen molar-refractivity contribution in [2.24, 2.45) is 0 Å². The maximum atomic E-state index is 13.1. The van der Waals surface area contributed by atoms with Crippen molar-refractivity contribution in [3.8, 4) is 0 Å². The first-order valence-corrected chi connectivity index (χ1v) is 11.3. The van der Waals surface area contributed by atoms with Crippen LogP contribution in [0.2, 0.25) is 0 Å². The molecule has 0 spiro atoms. The number of nitrogens with zero attached hydrogens (tertiary/aromatic N) is 4. The van der Waals surface area contributed by atoms with Gasteiger partial charge in [-0.1, -0.05) is 12.1 Å². The molecule has 1 saturated heterocycles. The molecular formula is C24H33N5O2. The van der Waals surface area contributed by atoms with Gasteiger partial charge >= 0.3 is 0 Å². The van der Waals surface area contributed by atoms with Crippen molar-refractivity contribution in [1.82, 2.24) is 19.8 Å². The highest BCUT2D eigenvalue weighted by Crippen LogP contribution is 2.30. The van der Waals surface area contributed by atoms with E-state index in [2.05, 4.69) is 17.3 Å². The Morgan fingerprint density at radius 1 is 1.16 bits per heavy atom. The van der Waals surface area contributed by atoms with Crippen molar-refractivity contribution in [3.05, 3.63) is 52.5 Å². The van der Waals surface area contributed by atoms with Crippen molar-refractivity contribution in [2.45, 2.75) is 45.3 Å². The fourth-order valence-electron chi connectivity index (χ4n) is 4.41. The van der Waals surface area contributed by atoms with Gasteiger partial charge in [0.15, 0.2) is 0 Å². The molecule has 0 radical (unpaired) electrons. The summed E-state index contributed by atoms with van der Waals surface area (Å²) in [6.45, 7) is 6.63. The molecule has 1 aromatic carbocycles. The monoisotopic (exact) mass is 423 g/mol. The molecule has 7 nitrogen and oxygen atoms in total. The minimum absolute atomic E-state index is 0.0510. The molecular weight excluding hydrogens is 390 g/mol. The Labute approximate surface area is 184 Å². The molecule has 2 aliphatic heterocycles. The number of anilines is 1. The average molecular weight is 424 g/mol. The standard InChI is InChI=1S/C24H33N5O2/c1-4-31-16-17-5-7-19(8-6-17)24(30)29-14-11-21-20(15-29)23(25-2)27-22(26-21)18-9-12-28(3)13-10-18/h5-8,18H,4,9-16H2,1-3H3,(H,25,26,27). The van der Waals surface area contributed by atoms with E-state index in [0.717, 1.165) is 60.8 Å². The van der Waals surface area contributed by atoms with E-state index < -0.39 is 0 Å². The van der Waals surface area contributed by atoms with Gasteiger partial charge in [0.05, 0.1) is 18.8 Å². The van der Waals surface area contributed by atoms with Crippen molar-refractivity contribution in [3.63, 3.8) is 0 Å². The highest BCUT2D eigenvalue weighted by atomic mass is 16.5. The lowest BCUT2D eigenvalue weighted by Gasteiger charge is -2.32. The number of carbonyl (C=O) groups is 1. The molecule has 1 aromatic heterocycles. The zero-order chi connectivity index (χ0) is 21.8. The van der Waals surface area contributed by atoms with Gasteiger partial charge in [0.2, 0.25) is 0 Å². The molecule has 0 aliphatic carbocycles. The Kier molecular flexibility index (Phi) is 6.83. The summed E-state index contributed by atoms with van der Waals surface area (Å²) in [5, 5.41) is 3.26. The van der Waals surface area contributed by atoms with Crippen LogP contribution in [0.1, 0.15) is 58.7 Å². The molecule has 0 saturated carbocycles. The van der Waals surface area contributed by atoms with Crippen LogP contribution >= 0.6 is 0 Å². The van der Waals surface area contributed by atoms with Gasteiger partial charge in [-0.2, -0.15) is 0 Å². The lowest BCUT2D eigenvalue weighted by atomic mass is 9.95. The highest BCUT2D eigenvalue weighted by Gasteiger charge is 2.28. The third-order valence-corrected chi connectivity index (χ3v) is 6.36. The van der Waals surface area contributed by atoms with Gasteiger partial charge in [-0.25, -0.2) is 9.97 Å². The minimum atomic E-state index is 0.0510. The number of piperidine rings is 1. The highest BCUT2D eigenvalue weighted by molar-refractivity contribution is 5.94. The second kappa shape index (κ2) is 9.75. The Bertz CT molecular complexity index is 890. The molecule has 0 unspecified atom stereocenters. The van der Waals surface area contributed by atoms with Crippen LogP contribution in [0, 0.1) is 0 Å². The van der Waals surface area contributed by atoms with Crippen molar-refractivity contribution in [1.29, 1.82) is 0 Å². The summed E-state index contributed by atoms with van der Waals surface area (Å²) in [5.41, 5.74) is 3.92. The van der Waals surface area contributed by atoms with Gasteiger partial charge in [-0.05, 0) is 57.6 Å². The van der Waals surface area contributed by atoms with Crippen LogP contribution in [0.5, 0.6) is 0 Å². The van der Waals surface area contributed by atoms with Gasteiger partial charge in [-0.15, -0.1) is 0 Å². The lowest BCUT2D eigenvalue weighted by molar-refractivity contribution is 0.0733. The molecule has 0 atom stereocenters. The summed E-state index contributed by atoms with van der Waals surface area (Å²) in [4.78, 5) is 27.2. The molecule has 0 bridgehead atoms. The zero-order valence-corrected chi connectivity index (χ0v) is 18.9. The van der Waals surface area contributed by atoms with E-state index in [1.54, 1.807) is 0 Å². The van der Waals surface area contributed by atoms with E-state index in [1.807, 2.05) is 43.1 Å². The van der Waals surface area contributed by atoms with Crippen molar-refractivity contribution >= 4 is 11.7 Å². The number of likely N-dealkylation sites (tertiary alicyclic amines) is 1. The summed E-state index contributed by atoms with van der Waals surface area (Å²) in [7, 11) is 4.07. The van der Waals surface area contributed by atoms with Crippen molar-refractivity contribution < 1.29 is 9.53 Å². The SMILES string of the molecule is CCOCc1ccc(C(=O)N2CCc3nc(C4CCN(C)CC4)nc(NC)c3C2)cc1. The number of nitrogens with one attached hydrogen (secondary N) is 1. The summed E-state index contributed by atoms with van der Waals surface area (Å²) in [5.74, 6) is 2.29. The number of carbonyl (C=O) groups excluding carboxylic acids is 1. The Morgan fingerprint density at radius 2 is 1.90 bits per heavy atom. The number of ether oxygens (including phenoxy) is 1. The predicted octanol–water partition coefficient (Wildman–Crippen LogP) is 3.06. The number of benzene rings is 1. The smallest absolute Gasteiger partial charge is 0.254 e. The maximum absolute atomic E-state index is 13.1. The summed E-state index contributed by atoms with van der Waals surface area (Å²) >= 11 is 0. The average Bonchev–Trinajstić information content (AvgIpc) is 2.82. The summed E-state index contributed by atoms with van der Waals surface area (Å²) < 4.78 is 5.44. The topological polar surface area (TPSA) is 70.6 Å². The molecule has 1 N–H and O–H groups in total. The first kappa shape index (κ1) is 21.7. The second-order valence-electron chi connectivity index (χ2n) is 8.49. The van der Waals surface area contributed by atoms with Gasteiger partial charge in [0.1, 0.15) is 11.6 Å². The van der Waals surface area contributed by atoms with E-state index in [4.69, 9.17) is 14.7 Å². The number of rotatable bonds is 6. The van der Waals surface area contributed by atoms with Gasteiger partial charge < -0.3 is 19.9 Å². The predicted molar refractivity (Wildman–Crippen MR) is 121 cm³/mol. The number of amides is 1. The van der Waals surface area contributed by atoms with Gasteiger partial charge in [0, 0.05) is 43.7 Å². The Morgan fingerprint density at radius 3 is 2.58 bits per heavy atom. The largest absolute Gasteiger partial charge is 0.377 e. The number of hydrogen-bond acceptors (Lipinski definition) is 6. The van der Waals surface area contributed by atoms with Crippen LogP contribution in [-0.4, -0.2) is 66.0 Å². The zero-order valence-electron chi connectivity index (χ0n) is 18.9. The van der Waals surface area contributed by atoms with Crippen molar-refractivity contribution in [2.75, 3.05) is 45.7 Å². The number of hydrogen-bond donors (Lipinski definition) is 1. The van der Waals surface area contributed by atoms with Crippen LogP contribution < -0.4 is 5.32 Å². The first-order chi connectivity index (χ1) is 15.1. The molecule has 2 aromatic rings. The summed E-state index contributed by atoms with van der Waals surface area (Å²) in [6.07, 6.45) is 2.96. The Balaban J connectivity index is 1.49. The Hall–Kier alpha value is -2.51. The fraction of sp³-hybridized carbons (Fsp3) is 0.542. The molecule has 7 heteroatoms. The van der Waals surface area contributed by atoms with E-state index in [0.29, 0.717) is 37.8 Å². The molecule has 1 amide bonds.